The second kappa shape index (κ2) is 7.89. The molecular formula is C18H25N3. The van der Waals surface area contributed by atoms with Crippen LogP contribution in [0.25, 0.3) is 0 Å². The van der Waals surface area contributed by atoms with Gasteiger partial charge in [0.25, 0.3) is 0 Å². The number of nitrogens with one attached hydrogen (secondary N) is 1. The first-order chi connectivity index (χ1) is 10.2. The molecule has 2 rings (SSSR count). The zero-order chi connectivity index (χ0) is 15.1. The lowest BCUT2D eigenvalue weighted by Gasteiger charge is -2.19. The van der Waals surface area contributed by atoms with Crippen molar-refractivity contribution in [2.24, 2.45) is 0 Å². The summed E-state index contributed by atoms with van der Waals surface area (Å²) in [4.78, 5) is 8.79. The van der Waals surface area contributed by atoms with Crippen LogP contribution >= 0.6 is 0 Å². The van der Waals surface area contributed by atoms with Crippen molar-refractivity contribution >= 4 is 0 Å². The van der Waals surface area contributed by atoms with Gasteiger partial charge in [0, 0.05) is 23.9 Å². The van der Waals surface area contributed by atoms with Crippen molar-refractivity contribution in [1.29, 1.82) is 0 Å². The molecule has 112 valence electrons. The molecule has 0 amide bonds. The van der Waals surface area contributed by atoms with E-state index in [1.165, 1.54) is 5.56 Å². The first-order valence-corrected chi connectivity index (χ1v) is 7.79. The number of hydrogen-bond acceptors (Lipinski definition) is 3. The number of benzene rings is 1. The molecule has 1 heterocycles. The Morgan fingerprint density at radius 1 is 1.10 bits per heavy atom. The molecule has 0 radical (unpaired) electrons. The highest BCUT2D eigenvalue weighted by atomic mass is 14.9. The van der Waals surface area contributed by atoms with Gasteiger partial charge in [0.1, 0.15) is 6.33 Å². The maximum absolute atomic E-state index is 4.44. The zero-order valence-corrected chi connectivity index (χ0v) is 13.2. The fourth-order valence-corrected chi connectivity index (χ4v) is 2.36. The Kier molecular flexibility index (Phi) is 5.88. The van der Waals surface area contributed by atoms with Gasteiger partial charge >= 0.3 is 0 Å². The lowest BCUT2D eigenvalue weighted by atomic mass is 10.0. The van der Waals surface area contributed by atoms with Crippen LogP contribution in [0, 0.1) is 0 Å². The number of rotatable bonds is 7. The molecule has 1 aromatic carbocycles. The van der Waals surface area contributed by atoms with Crippen molar-refractivity contribution in [1.82, 2.24) is 15.3 Å². The summed E-state index contributed by atoms with van der Waals surface area (Å²) in [7, 11) is 0. The molecule has 0 aliphatic heterocycles. The van der Waals surface area contributed by atoms with E-state index in [-0.39, 0.29) is 0 Å². The van der Waals surface area contributed by atoms with Gasteiger partial charge in [-0.15, -0.1) is 0 Å². The van der Waals surface area contributed by atoms with Gasteiger partial charge in [0.15, 0.2) is 0 Å². The van der Waals surface area contributed by atoms with Crippen molar-refractivity contribution in [2.75, 3.05) is 6.54 Å². The van der Waals surface area contributed by atoms with Gasteiger partial charge in [0.2, 0.25) is 0 Å². The van der Waals surface area contributed by atoms with Gasteiger partial charge in [-0.2, -0.15) is 0 Å². The molecule has 0 saturated heterocycles. The third kappa shape index (κ3) is 4.64. The smallest absolute Gasteiger partial charge is 0.115 e. The van der Waals surface area contributed by atoms with Crippen LogP contribution in [-0.2, 0) is 6.42 Å². The maximum Gasteiger partial charge on any atom is 0.115 e. The predicted octanol–water partition coefficient (Wildman–Crippen LogP) is 3.88. The molecule has 3 nitrogen and oxygen atoms in total. The van der Waals surface area contributed by atoms with Crippen LogP contribution in [-0.4, -0.2) is 16.5 Å². The fourth-order valence-electron chi connectivity index (χ4n) is 2.36. The second-order valence-corrected chi connectivity index (χ2v) is 5.71. The molecule has 1 aromatic heterocycles. The van der Waals surface area contributed by atoms with Gasteiger partial charge in [-0.3, -0.25) is 0 Å². The van der Waals surface area contributed by atoms with E-state index in [0.29, 0.717) is 12.0 Å². The van der Waals surface area contributed by atoms with Crippen LogP contribution < -0.4 is 5.32 Å². The summed E-state index contributed by atoms with van der Waals surface area (Å²) in [5.74, 6) is 0.436. The van der Waals surface area contributed by atoms with Crippen LogP contribution in [0.3, 0.4) is 0 Å². The van der Waals surface area contributed by atoms with E-state index >= 15 is 0 Å². The van der Waals surface area contributed by atoms with E-state index in [0.717, 1.165) is 30.8 Å². The minimum Gasteiger partial charge on any atom is -0.310 e. The normalized spacial score (nSPS) is 12.6. The number of aromatic nitrogens is 2. The van der Waals surface area contributed by atoms with E-state index in [4.69, 9.17) is 0 Å². The molecule has 0 saturated carbocycles. The quantitative estimate of drug-likeness (QED) is 0.838. The van der Waals surface area contributed by atoms with Crippen molar-refractivity contribution < 1.29 is 0 Å². The highest BCUT2D eigenvalue weighted by molar-refractivity contribution is 5.22. The average Bonchev–Trinajstić information content (AvgIpc) is 2.52. The maximum atomic E-state index is 4.44. The molecule has 0 spiro atoms. The molecule has 2 aromatic rings. The Morgan fingerprint density at radius 3 is 2.52 bits per heavy atom. The molecule has 1 unspecified atom stereocenters. The van der Waals surface area contributed by atoms with E-state index in [9.17, 15) is 0 Å². The van der Waals surface area contributed by atoms with Crippen molar-refractivity contribution in [3.63, 3.8) is 0 Å². The highest BCUT2D eigenvalue weighted by Gasteiger charge is 2.13. The third-order valence-corrected chi connectivity index (χ3v) is 3.59. The average molecular weight is 283 g/mol. The van der Waals surface area contributed by atoms with Gasteiger partial charge in [-0.05, 0) is 30.5 Å². The van der Waals surface area contributed by atoms with Gasteiger partial charge in [-0.1, -0.05) is 51.1 Å². The summed E-state index contributed by atoms with van der Waals surface area (Å²) in [5.41, 5.74) is 3.53. The summed E-state index contributed by atoms with van der Waals surface area (Å²) in [6, 6.07) is 13.0. The zero-order valence-electron chi connectivity index (χ0n) is 13.2. The van der Waals surface area contributed by atoms with Gasteiger partial charge < -0.3 is 5.32 Å². The molecule has 0 bridgehead atoms. The lowest BCUT2D eigenvalue weighted by Crippen LogP contribution is -2.24. The summed E-state index contributed by atoms with van der Waals surface area (Å²) in [6.45, 7) is 7.53. The standard InChI is InChI=1S/C18H25N3/c1-4-10-19-18(15-8-6-5-7-9-15)12-16-11-17(14(2)3)21-13-20-16/h5-9,11,13-14,18-19H,4,10,12H2,1-3H3. The van der Waals surface area contributed by atoms with Crippen LogP contribution in [0.15, 0.2) is 42.7 Å². The van der Waals surface area contributed by atoms with Crippen molar-refractivity contribution in [3.05, 3.63) is 59.7 Å². The van der Waals surface area contributed by atoms with Crippen LogP contribution in [0.5, 0.6) is 0 Å². The highest BCUT2D eigenvalue weighted by Crippen LogP contribution is 2.19. The lowest BCUT2D eigenvalue weighted by molar-refractivity contribution is 0.523. The predicted molar refractivity (Wildman–Crippen MR) is 87.3 cm³/mol. The third-order valence-electron chi connectivity index (χ3n) is 3.59. The SMILES string of the molecule is CCCNC(Cc1cc(C(C)C)ncn1)c1ccccc1. The van der Waals surface area contributed by atoms with E-state index in [1.54, 1.807) is 6.33 Å². The largest absolute Gasteiger partial charge is 0.310 e. The minimum absolute atomic E-state index is 0.307. The molecular weight excluding hydrogens is 258 g/mol. The Hall–Kier alpha value is -1.74. The minimum atomic E-state index is 0.307. The van der Waals surface area contributed by atoms with E-state index < -0.39 is 0 Å². The molecule has 1 atom stereocenters. The topological polar surface area (TPSA) is 37.8 Å². The van der Waals surface area contributed by atoms with Crippen LogP contribution in [0.4, 0.5) is 0 Å². The Bertz CT molecular complexity index is 537. The molecule has 3 heteroatoms. The van der Waals surface area contributed by atoms with Gasteiger partial charge in [0.05, 0.1) is 0 Å². The summed E-state index contributed by atoms with van der Waals surface area (Å²) >= 11 is 0. The van der Waals surface area contributed by atoms with E-state index in [2.05, 4.69) is 72.5 Å². The number of nitrogens with zero attached hydrogens (tertiary/aromatic N) is 2. The summed E-state index contributed by atoms with van der Waals surface area (Å²) in [6.07, 6.45) is 3.71. The molecule has 0 aliphatic carbocycles. The Morgan fingerprint density at radius 2 is 1.86 bits per heavy atom. The van der Waals surface area contributed by atoms with Crippen molar-refractivity contribution in [3.8, 4) is 0 Å². The fraction of sp³-hybridized carbons (Fsp3) is 0.444. The summed E-state index contributed by atoms with van der Waals surface area (Å²) in [5, 5.41) is 3.62. The first kappa shape index (κ1) is 15.6. The molecule has 0 aliphatic rings. The van der Waals surface area contributed by atoms with Crippen LogP contribution in [0.1, 0.15) is 56.1 Å². The van der Waals surface area contributed by atoms with Gasteiger partial charge in [-0.25, -0.2) is 9.97 Å². The Balaban J connectivity index is 2.16. The van der Waals surface area contributed by atoms with E-state index in [1.807, 2.05) is 0 Å². The van der Waals surface area contributed by atoms with Crippen LogP contribution in [0.2, 0.25) is 0 Å². The number of hydrogen-bond donors (Lipinski definition) is 1. The molecule has 0 fully saturated rings. The summed E-state index contributed by atoms with van der Waals surface area (Å²) < 4.78 is 0. The second-order valence-electron chi connectivity index (χ2n) is 5.71. The first-order valence-electron chi connectivity index (χ1n) is 7.79. The molecule has 1 N–H and O–H groups in total. The van der Waals surface area contributed by atoms with Crippen molar-refractivity contribution in [2.45, 2.75) is 45.6 Å². The molecule has 21 heavy (non-hydrogen) atoms. The monoisotopic (exact) mass is 283 g/mol. The Labute approximate surface area is 127 Å².